The third kappa shape index (κ3) is 2.18. The van der Waals surface area contributed by atoms with Crippen molar-refractivity contribution in [3.05, 3.63) is 39.8 Å². The number of fused-ring (bicyclic) bond motifs is 1. The van der Waals surface area contributed by atoms with Crippen LogP contribution in [0.3, 0.4) is 0 Å². The third-order valence-electron chi connectivity index (χ3n) is 3.14. The number of rotatable bonds is 3. The molecule has 0 fully saturated rings. The van der Waals surface area contributed by atoms with E-state index in [1.165, 1.54) is 10.5 Å². The highest BCUT2D eigenvalue weighted by Gasteiger charge is 2.26. The van der Waals surface area contributed by atoms with Gasteiger partial charge in [-0.2, -0.15) is 0 Å². The molecule has 2 heterocycles. The van der Waals surface area contributed by atoms with Gasteiger partial charge in [0.05, 0.1) is 11.3 Å². The molecule has 1 aliphatic rings. The van der Waals surface area contributed by atoms with Crippen molar-refractivity contribution in [1.29, 1.82) is 0 Å². The maximum absolute atomic E-state index is 5.99. The lowest BCUT2D eigenvalue weighted by atomic mass is 10.1. The summed E-state index contributed by atoms with van der Waals surface area (Å²) < 4.78 is 0. The van der Waals surface area contributed by atoms with E-state index >= 15 is 0 Å². The first-order valence-electron chi connectivity index (χ1n) is 6.11. The first-order chi connectivity index (χ1) is 8.78. The van der Waals surface area contributed by atoms with E-state index < -0.39 is 0 Å². The van der Waals surface area contributed by atoms with Crippen LogP contribution in [0.1, 0.15) is 40.2 Å². The molecule has 0 aliphatic carbocycles. The predicted octanol–water partition coefficient (Wildman–Crippen LogP) is 3.34. The number of aromatic nitrogens is 2. The zero-order valence-corrected chi connectivity index (χ0v) is 11.8. The van der Waals surface area contributed by atoms with Gasteiger partial charge in [-0.25, -0.2) is 0 Å². The van der Waals surface area contributed by atoms with Crippen LogP contribution in [0.4, 0.5) is 0 Å². The average Bonchev–Trinajstić information content (AvgIpc) is 3.03. The second-order valence-corrected chi connectivity index (χ2v) is 6.70. The number of hydrogen-bond acceptors (Lipinski definition) is 5. The summed E-state index contributed by atoms with van der Waals surface area (Å²) in [4.78, 5) is 1.37. The Morgan fingerprint density at radius 3 is 3.00 bits per heavy atom. The minimum atomic E-state index is 0.0324. The topological polar surface area (TPSA) is 51.8 Å². The number of thioether (sulfide) groups is 1. The standard InChI is InChI=1S/C13H15N3S2/c1-2-9(14)12-15-16-13(18-12)11-7-8-5-3-4-6-10(8)17-11/h3-6,9,11H,2,7,14H2,1H3. The molecule has 0 saturated carbocycles. The summed E-state index contributed by atoms with van der Waals surface area (Å²) in [5, 5.41) is 11.0. The van der Waals surface area contributed by atoms with E-state index in [1.807, 2.05) is 11.8 Å². The summed E-state index contributed by atoms with van der Waals surface area (Å²) >= 11 is 3.55. The fourth-order valence-electron chi connectivity index (χ4n) is 2.02. The summed E-state index contributed by atoms with van der Waals surface area (Å²) in [5.74, 6) is 0. The second kappa shape index (κ2) is 4.99. The van der Waals surface area contributed by atoms with E-state index in [9.17, 15) is 0 Å². The molecule has 0 amide bonds. The Hall–Kier alpha value is -0.910. The second-order valence-electron chi connectivity index (χ2n) is 4.41. The Morgan fingerprint density at radius 1 is 1.39 bits per heavy atom. The van der Waals surface area contributed by atoms with E-state index in [0.717, 1.165) is 22.9 Å². The van der Waals surface area contributed by atoms with Gasteiger partial charge >= 0.3 is 0 Å². The Morgan fingerprint density at radius 2 is 2.22 bits per heavy atom. The van der Waals surface area contributed by atoms with Crippen LogP contribution in [-0.2, 0) is 6.42 Å². The van der Waals surface area contributed by atoms with Crippen molar-refractivity contribution in [2.45, 2.75) is 36.0 Å². The van der Waals surface area contributed by atoms with Gasteiger partial charge in [0.15, 0.2) is 0 Å². The number of hydrogen-bond donors (Lipinski definition) is 1. The molecule has 2 aromatic rings. The van der Waals surface area contributed by atoms with E-state index in [4.69, 9.17) is 5.73 Å². The molecular weight excluding hydrogens is 262 g/mol. The van der Waals surface area contributed by atoms with Crippen LogP contribution >= 0.6 is 23.1 Å². The smallest absolute Gasteiger partial charge is 0.134 e. The van der Waals surface area contributed by atoms with Crippen molar-refractivity contribution in [3.63, 3.8) is 0 Å². The molecule has 5 heteroatoms. The van der Waals surface area contributed by atoms with Gasteiger partial charge in [0.25, 0.3) is 0 Å². The van der Waals surface area contributed by atoms with Crippen LogP contribution in [0, 0.1) is 0 Å². The largest absolute Gasteiger partial charge is 0.322 e. The van der Waals surface area contributed by atoms with Crippen molar-refractivity contribution in [2.75, 3.05) is 0 Å². The van der Waals surface area contributed by atoms with Crippen molar-refractivity contribution >= 4 is 23.1 Å². The van der Waals surface area contributed by atoms with Crippen molar-refractivity contribution in [3.8, 4) is 0 Å². The van der Waals surface area contributed by atoms with Crippen LogP contribution in [0.15, 0.2) is 29.2 Å². The predicted molar refractivity (Wildman–Crippen MR) is 75.9 cm³/mol. The molecule has 0 radical (unpaired) electrons. The highest BCUT2D eigenvalue weighted by molar-refractivity contribution is 8.00. The van der Waals surface area contributed by atoms with Gasteiger partial charge in [0.2, 0.25) is 0 Å². The van der Waals surface area contributed by atoms with Gasteiger partial charge in [-0.1, -0.05) is 36.5 Å². The first-order valence-corrected chi connectivity index (χ1v) is 7.81. The zero-order chi connectivity index (χ0) is 12.5. The zero-order valence-electron chi connectivity index (χ0n) is 10.2. The maximum atomic E-state index is 5.99. The molecule has 2 N–H and O–H groups in total. The van der Waals surface area contributed by atoms with Gasteiger partial charge in [-0.05, 0) is 24.5 Å². The van der Waals surface area contributed by atoms with Gasteiger partial charge < -0.3 is 5.73 Å². The molecular formula is C13H15N3S2. The molecule has 1 aromatic carbocycles. The minimum Gasteiger partial charge on any atom is -0.322 e. The highest BCUT2D eigenvalue weighted by atomic mass is 32.2. The van der Waals surface area contributed by atoms with Crippen molar-refractivity contribution in [1.82, 2.24) is 10.2 Å². The van der Waals surface area contributed by atoms with E-state index in [1.54, 1.807) is 11.3 Å². The van der Waals surface area contributed by atoms with E-state index in [2.05, 4.69) is 41.4 Å². The van der Waals surface area contributed by atoms with E-state index in [0.29, 0.717) is 5.25 Å². The van der Waals surface area contributed by atoms with Crippen molar-refractivity contribution in [2.24, 2.45) is 5.73 Å². The minimum absolute atomic E-state index is 0.0324. The fourth-order valence-corrected chi connectivity index (χ4v) is 4.40. The monoisotopic (exact) mass is 277 g/mol. The lowest BCUT2D eigenvalue weighted by Gasteiger charge is -2.03. The third-order valence-corrected chi connectivity index (χ3v) is 5.78. The SMILES string of the molecule is CCC(N)c1nnc(C2Cc3ccccc3S2)s1. The van der Waals surface area contributed by atoms with Gasteiger partial charge in [-0.15, -0.1) is 22.0 Å². The molecule has 3 rings (SSSR count). The van der Waals surface area contributed by atoms with Crippen molar-refractivity contribution < 1.29 is 0 Å². The summed E-state index contributed by atoms with van der Waals surface area (Å²) in [7, 11) is 0. The van der Waals surface area contributed by atoms with Crippen LogP contribution < -0.4 is 5.73 Å². The van der Waals surface area contributed by atoms with Gasteiger partial charge in [0.1, 0.15) is 10.0 Å². The lowest BCUT2D eigenvalue weighted by Crippen LogP contribution is -2.07. The summed E-state index contributed by atoms with van der Waals surface area (Å²) in [5.41, 5.74) is 7.41. The number of nitrogens with zero attached hydrogens (tertiary/aromatic N) is 2. The Labute approximate surface area is 115 Å². The molecule has 0 bridgehead atoms. The number of benzene rings is 1. The first kappa shape index (κ1) is 12.1. The molecule has 18 heavy (non-hydrogen) atoms. The van der Waals surface area contributed by atoms with Crippen LogP contribution in [0.25, 0.3) is 0 Å². The van der Waals surface area contributed by atoms with Crippen LogP contribution in [0.2, 0.25) is 0 Å². The quantitative estimate of drug-likeness (QED) is 0.935. The fraction of sp³-hybridized carbons (Fsp3) is 0.385. The maximum Gasteiger partial charge on any atom is 0.134 e. The Balaban J connectivity index is 1.80. The lowest BCUT2D eigenvalue weighted by molar-refractivity contribution is 0.681. The molecule has 2 unspecified atom stereocenters. The summed E-state index contributed by atoms with van der Waals surface area (Å²) in [6.45, 7) is 2.08. The van der Waals surface area contributed by atoms with Crippen LogP contribution in [0.5, 0.6) is 0 Å². The molecule has 2 atom stereocenters. The highest BCUT2D eigenvalue weighted by Crippen LogP contribution is 2.47. The molecule has 94 valence electrons. The van der Waals surface area contributed by atoms with Crippen LogP contribution in [-0.4, -0.2) is 10.2 Å². The molecule has 1 aliphatic heterocycles. The molecule has 0 saturated heterocycles. The summed E-state index contributed by atoms with van der Waals surface area (Å²) in [6, 6.07) is 8.60. The van der Waals surface area contributed by atoms with Gasteiger partial charge in [0, 0.05) is 4.90 Å². The average molecular weight is 277 g/mol. The van der Waals surface area contributed by atoms with E-state index in [-0.39, 0.29) is 6.04 Å². The number of nitrogens with two attached hydrogens (primary N) is 1. The molecule has 3 nitrogen and oxygen atoms in total. The Bertz CT molecular complexity index is 528. The molecule has 0 spiro atoms. The van der Waals surface area contributed by atoms with Gasteiger partial charge in [-0.3, -0.25) is 0 Å². The Kier molecular flexibility index (Phi) is 3.37. The molecule has 1 aromatic heterocycles. The summed E-state index contributed by atoms with van der Waals surface area (Å²) in [6.07, 6.45) is 1.96. The normalized spacial score (nSPS) is 19.8.